The Morgan fingerprint density at radius 1 is 1.47 bits per heavy atom. The Labute approximate surface area is 125 Å². The Kier molecular flexibility index (Phi) is 5.07. The molecule has 4 nitrogen and oxygen atoms in total. The molecule has 0 bridgehead atoms. The summed E-state index contributed by atoms with van der Waals surface area (Å²) in [6.45, 7) is 1.25. The summed E-state index contributed by atoms with van der Waals surface area (Å²) in [5.74, 6) is -0.751. The average Bonchev–Trinajstić information content (AvgIpc) is 2.40. The van der Waals surface area contributed by atoms with Gasteiger partial charge in [-0.2, -0.15) is 0 Å². The van der Waals surface area contributed by atoms with Crippen molar-refractivity contribution in [3.05, 3.63) is 27.7 Å². The predicted octanol–water partition coefficient (Wildman–Crippen LogP) is 3.39. The van der Waals surface area contributed by atoms with Gasteiger partial charge in [0.25, 0.3) is 0 Å². The summed E-state index contributed by atoms with van der Waals surface area (Å²) in [5, 5.41) is 13.0. The highest BCUT2D eigenvalue weighted by atomic mass is 79.9. The third kappa shape index (κ3) is 3.84. The summed E-state index contributed by atoms with van der Waals surface area (Å²) in [7, 11) is 0. The zero-order chi connectivity index (χ0) is 13.8. The van der Waals surface area contributed by atoms with E-state index in [1.54, 1.807) is 18.2 Å². The quantitative estimate of drug-likeness (QED) is 0.875. The maximum absolute atomic E-state index is 11.4. The van der Waals surface area contributed by atoms with E-state index in [0.717, 1.165) is 23.0 Å². The first-order valence-electron chi connectivity index (χ1n) is 6.10. The number of nitrogens with one attached hydrogen (secondary N) is 1. The molecule has 0 saturated carbocycles. The number of rotatable bonds is 4. The molecule has 1 fully saturated rings. The Morgan fingerprint density at radius 3 is 2.74 bits per heavy atom. The first kappa shape index (κ1) is 14.6. The third-order valence-corrected chi connectivity index (χ3v) is 4.46. The molecule has 0 radical (unpaired) electrons. The van der Waals surface area contributed by atoms with Crippen molar-refractivity contribution >= 4 is 39.2 Å². The van der Waals surface area contributed by atoms with Crippen LogP contribution >= 0.6 is 27.5 Å². The topological polar surface area (TPSA) is 58.6 Å². The summed E-state index contributed by atoms with van der Waals surface area (Å²) in [6.07, 6.45) is 1.53. The van der Waals surface area contributed by atoms with Crippen molar-refractivity contribution in [3.8, 4) is 0 Å². The van der Waals surface area contributed by atoms with E-state index in [4.69, 9.17) is 16.3 Å². The van der Waals surface area contributed by atoms with Crippen LogP contribution in [0, 0.1) is 5.92 Å². The molecular formula is C13H15BrClNO3. The molecule has 19 heavy (non-hydrogen) atoms. The molecule has 2 rings (SSSR count). The van der Waals surface area contributed by atoms with E-state index >= 15 is 0 Å². The number of carboxylic acids is 1. The fourth-order valence-corrected chi connectivity index (χ4v) is 2.69. The van der Waals surface area contributed by atoms with Gasteiger partial charge in [-0.15, -0.1) is 0 Å². The van der Waals surface area contributed by atoms with Crippen LogP contribution in [0.5, 0.6) is 0 Å². The number of hydrogen-bond acceptors (Lipinski definition) is 3. The van der Waals surface area contributed by atoms with Gasteiger partial charge in [0, 0.05) is 23.4 Å². The van der Waals surface area contributed by atoms with Crippen LogP contribution < -0.4 is 5.32 Å². The molecule has 0 aliphatic carbocycles. The molecule has 0 amide bonds. The van der Waals surface area contributed by atoms with Crippen LogP contribution in [0.25, 0.3) is 0 Å². The molecule has 104 valence electrons. The summed E-state index contributed by atoms with van der Waals surface area (Å²) in [6, 6.07) is 4.70. The second-order valence-electron chi connectivity index (χ2n) is 4.54. The van der Waals surface area contributed by atoms with Crippen molar-refractivity contribution in [1.29, 1.82) is 0 Å². The van der Waals surface area contributed by atoms with Crippen LogP contribution in [0.3, 0.4) is 0 Å². The molecule has 1 atom stereocenters. The Hall–Kier alpha value is -0.780. The second kappa shape index (κ2) is 6.59. The van der Waals surface area contributed by atoms with Crippen LogP contribution in [-0.4, -0.2) is 30.3 Å². The maximum Gasteiger partial charge on any atom is 0.326 e. The van der Waals surface area contributed by atoms with E-state index in [-0.39, 0.29) is 5.92 Å². The van der Waals surface area contributed by atoms with Crippen LogP contribution in [-0.2, 0) is 9.53 Å². The smallest absolute Gasteiger partial charge is 0.326 e. The van der Waals surface area contributed by atoms with Crippen LogP contribution in [0.15, 0.2) is 22.7 Å². The van der Waals surface area contributed by atoms with Crippen molar-refractivity contribution in [1.82, 2.24) is 0 Å². The van der Waals surface area contributed by atoms with Gasteiger partial charge in [-0.3, -0.25) is 0 Å². The molecule has 1 saturated heterocycles. The Bertz CT molecular complexity index is 463. The minimum atomic E-state index is -0.835. The number of halogens is 2. The Balaban J connectivity index is 2.11. The first-order valence-corrected chi connectivity index (χ1v) is 7.27. The molecule has 1 aromatic rings. The molecule has 1 aliphatic rings. The van der Waals surface area contributed by atoms with Gasteiger partial charge in [-0.25, -0.2) is 4.79 Å². The maximum atomic E-state index is 11.4. The van der Waals surface area contributed by atoms with Crippen molar-refractivity contribution in [2.45, 2.75) is 18.9 Å². The van der Waals surface area contributed by atoms with Crippen molar-refractivity contribution in [3.63, 3.8) is 0 Å². The highest BCUT2D eigenvalue weighted by molar-refractivity contribution is 9.10. The van der Waals surface area contributed by atoms with Gasteiger partial charge < -0.3 is 15.2 Å². The number of benzene rings is 1. The predicted molar refractivity (Wildman–Crippen MR) is 77.7 cm³/mol. The zero-order valence-corrected chi connectivity index (χ0v) is 12.6. The lowest BCUT2D eigenvalue weighted by Gasteiger charge is -2.28. The fourth-order valence-electron chi connectivity index (χ4n) is 2.20. The van der Waals surface area contributed by atoms with Crippen LogP contribution in [0.1, 0.15) is 12.8 Å². The fraction of sp³-hybridized carbons (Fsp3) is 0.462. The monoisotopic (exact) mass is 347 g/mol. The van der Waals surface area contributed by atoms with E-state index < -0.39 is 12.0 Å². The van der Waals surface area contributed by atoms with Crippen molar-refractivity contribution in [2.24, 2.45) is 5.92 Å². The minimum absolute atomic E-state index is 0.0840. The Morgan fingerprint density at radius 2 is 2.16 bits per heavy atom. The van der Waals surface area contributed by atoms with E-state index in [9.17, 15) is 9.90 Å². The van der Waals surface area contributed by atoms with Gasteiger partial charge in [-0.05, 0) is 52.9 Å². The highest BCUT2D eigenvalue weighted by Gasteiger charge is 2.29. The zero-order valence-electron chi connectivity index (χ0n) is 10.2. The lowest BCUT2D eigenvalue weighted by Crippen LogP contribution is -2.39. The van der Waals surface area contributed by atoms with Gasteiger partial charge in [0.05, 0.1) is 5.02 Å². The molecule has 1 aromatic carbocycles. The SMILES string of the molecule is O=C(O)C(Nc1ccc(Cl)c(Br)c1)C1CCOCC1. The van der Waals surface area contributed by atoms with Gasteiger partial charge >= 0.3 is 5.97 Å². The first-order chi connectivity index (χ1) is 9.08. The van der Waals surface area contributed by atoms with Gasteiger partial charge in [0.2, 0.25) is 0 Å². The van der Waals surface area contributed by atoms with E-state index in [0.29, 0.717) is 18.2 Å². The van der Waals surface area contributed by atoms with Gasteiger partial charge in [0.15, 0.2) is 0 Å². The van der Waals surface area contributed by atoms with Crippen molar-refractivity contribution in [2.75, 3.05) is 18.5 Å². The van der Waals surface area contributed by atoms with Crippen LogP contribution in [0.4, 0.5) is 5.69 Å². The number of ether oxygens (including phenoxy) is 1. The minimum Gasteiger partial charge on any atom is -0.480 e. The number of anilines is 1. The van der Waals surface area contributed by atoms with E-state index in [2.05, 4.69) is 21.2 Å². The molecule has 0 spiro atoms. The number of carbonyl (C=O) groups is 1. The van der Waals surface area contributed by atoms with E-state index in [1.807, 2.05) is 0 Å². The highest BCUT2D eigenvalue weighted by Crippen LogP contribution is 2.28. The molecule has 6 heteroatoms. The van der Waals surface area contributed by atoms with Gasteiger partial charge in [0.1, 0.15) is 6.04 Å². The lowest BCUT2D eigenvalue weighted by atomic mass is 9.91. The average molecular weight is 349 g/mol. The number of aliphatic carboxylic acids is 1. The van der Waals surface area contributed by atoms with Gasteiger partial charge in [-0.1, -0.05) is 11.6 Å². The van der Waals surface area contributed by atoms with Crippen LogP contribution in [0.2, 0.25) is 5.02 Å². The molecule has 1 unspecified atom stereocenters. The second-order valence-corrected chi connectivity index (χ2v) is 5.80. The third-order valence-electron chi connectivity index (χ3n) is 3.25. The summed E-state index contributed by atoms with van der Waals surface area (Å²) in [4.78, 5) is 11.4. The summed E-state index contributed by atoms with van der Waals surface area (Å²) < 4.78 is 6.01. The standard InChI is InChI=1S/C13H15BrClNO3/c14-10-7-9(1-2-11(10)15)16-12(13(17)18)8-3-5-19-6-4-8/h1-2,7-8,12,16H,3-6H2,(H,17,18). The summed E-state index contributed by atoms with van der Waals surface area (Å²) >= 11 is 9.25. The molecule has 1 aliphatic heterocycles. The number of carboxylic acid groups (broad SMARTS) is 1. The lowest BCUT2D eigenvalue weighted by molar-refractivity contribution is -0.140. The molecule has 1 heterocycles. The van der Waals surface area contributed by atoms with Crippen molar-refractivity contribution < 1.29 is 14.6 Å². The van der Waals surface area contributed by atoms with E-state index in [1.165, 1.54) is 0 Å². The summed E-state index contributed by atoms with van der Waals surface area (Å²) in [5.41, 5.74) is 0.746. The largest absolute Gasteiger partial charge is 0.480 e. The molecule has 2 N–H and O–H groups in total. The molecular weight excluding hydrogens is 334 g/mol. The molecule has 0 aromatic heterocycles. The number of hydrogen-bond donors (Lipinski definition) is 2. The normalized spacial score (nSPS) is 18.0.